The van der Waals surface area contributed by atoms with Gasteiger partial charge in [0.2, 0.25) is 0 Å². The van der Waals surface area contributed by atoms with E-state index in [-0.39, 0.29) is 0 Å². The van der Waals surface area contributed by atoms with Crippen LogP contribution in [0.1, 0.15) is 18.3 Å². The average molecular weight is 309 g/mol. The maximum Gasteiger partial charge on any atom is 0.164 e. The van der Waals surface area contributed by atoms with E-state index in [0.717, 1.165) is 36.4 Å². The van der Waals surface area contributed by atoms with Crippen molar-refractivity contribution < 1.29 is 0 Å². The van der Waals surface area contributed by atoms with Gasteiger partial charge in [-0.1, -0.05) is 28.1 Å². The Morgan fingerprint density at radius 2 is 2.06 bits per heavy atom. The summed E-state index contributed by atoms with van der Waals surface area (Å²) in [6.07, 6.45) is 2.79. The lowest BCUT2D eigenvalue weighted by atomic mass is 10.1. The Labute approximate surface area is 116 Å². The number of rotatable bonds is 6. The van der Waals surface area contributed by atoms with Gasteiger partial charge in [-0.3, -0.25) is 4.68 Å². The Morgan fingerprint density at radius 1 is 1.28 bits per heavy atom. The van der Waals surface area contributed by atoms with Gasteiger partial charge < -0.3 is 5.32 Å². The highest BCUT2D eigenvalue weighted by atomic mass is 79.9. The van der Waals surface area contributed by atoms with Gasteiger partial charge in [-0.15, -0.1) is 0 Å². The highest BCUT2D eigenvalue weighted by Gasteiger charge is 1.99. The third-order valence-electron chi connectivity index (χ3n) is 2.69. The van der Waals surface area contributed by atoms with Gasteiger partial charge in [0.25, 0.3) is 0 Å². The second-order valence-electron chi connectivity index (χ2n) is 4.07. The van der Waals surface area contributed by atoms with Crippen LogP contribution in [0.15, 0.2) is 35.1 Å². The Bertz CT molecular complexity index is 478. The molecule has 1 heterocycles. The van der Waals surface area contributed by atoms with E-state index in [1.165, 1.54) is 5.56 Å². The third-order valence-corrected chi connectivity index (χ3v) is 3.22. The minimum Gasteiger partial charge on any atom is -0.309 e. The lowest BCUT2D eigenvalue weighted by molar-refractivity contribution is 0.618. The maximum atomic E-state index is 4.32. The van der Waals surface area contributed by atoms with Gasteiger partial charge in [0.05, 0.1) is 6.54 Å². The first-order valence-corrected chi connectivity index (χ1v) is 6.90. The zero-order valence-corrected chi connectivity index (χ0v) is 12.0. The predicted octanol–water partition coefficient (Wildman–Crippen LogP) is 2.39. The minimum absolute atomic E-state index is 0.726. The van der Waals surface area contributed by atoms with Gasteiger partial charge in [-0.25, -0.2) is 4.98 Å². The molecule has 1 aromatic carbocycles. The summed E-state index contributed by atoms with van der Waals surface area (Å²) in [6.45, 7) is 4.58. The van der Waals surface area contributed by atoms with Gasteiger partial charge in [0.15, 0.2) is 5.82 Å². The van der Waals surface area contributed by atoms with Crippen molar-refractivity contribution in [2.24, 2.45) is 0 Å². The van der Waals surface area contributed by atoms with Gasteiger partial charge in [0, 0.05) is 11.0 Å². The molecule has 0 amide bonds. The molecule has 0 saturated carbocycles. The molecule has 2 aromatic rings. The Balaban J connectivity index is 1.71. The summed E-state index contributed by atoms with van der Waals surface area (Å²) in [6, 6.07) is 8.41. The van der Waals surface area contributed by atoms with Crippen molar-refractivity contribution in [2.45, 2.75) is 26.4 Å². The zero-order chi connectivity index (χ0) is 12.8. The summed E-state index contributed by atoms with van der Waals surface area (Å²) in [4.78, 5) is 4.23. The second kappa shape index (κ2) is 6.66. The van der Waals surface area contributed by atoms with Crippen LogP contribution >= 0.6 is 15.9 Å². The first-order valence-electron chi connectivity index (χ1n) is 6.11. The van der Waals surface area contributed by atoms with E-state index in [2.05, 4.69) is 62.5 Å². The van der Waals surface area contributed by atoms with E-state index in [4.69, 9.17) is 0 Å². The SMILES string of the molecule is CCn1cnc(CNCCc2ccc(Br)cc2)n1. The van der Waals surface area contributed by atoms with Crippen LogP contribution in [0.3, 0.4) is 0 Å². The predicted molar refractivity (Wildman–Crippen MR) is 75.2 cm³/mol. The molecule has 0 radical (unpaired) electrons. The molecular formula is C13H17BrN4. The van der Waals surface area contributed by atoms with Crippen molar-refractivity contribution in [1.82, 2.24) is 20.1 Å². The monoisotopic (exact) mass is 308 g/mol. The molecule has 0 aliphatic heterocycles. The van der Waals surface area contributed by atoms with Crippen molar-refractivity contribution in [1.29, 1.82) is 0 Å². The number of nitrogens with one attached hydrogen (secondary N) is 1. The molecule has 0 aliphatic carbocycles. The Kier molecular flexibility index (Phi) is 4.90. The van der Waals surface area contributed by atoms with Gasteiger partial charge in [-0.05, 0) is 37.6 Å². The molecule has 18 heavy (non-hydrogen) atoms. The van der Waals surface area contributed by atoms with Crippen molar-refractivity contribution in [3.63, 3.8) is 0 Å². The van der Waals surface area contributed by atoms with E-state index in [1.54, 1.807) is 6.33 Å². The molecule has 1 N–H and O–H groups in total. The molecular weight excluding hydrogens is 292 g/mol. The molecule has 1 aromatic heterocycles. The fourth-order valence-corrected chi connectivity index (χ4v) is 1.91. The van der Waals surface area contributed by atoms with Crippen molar-refractivity contribution in [2.75, 3.05) is 6.54 Å². The largest absolute Gasteiger partial charge is 0.309 e. The summed E-state index contributed by atoms with van der Waals surface area (Å²) in [5.74, 6) is 0.854. The first kappa shape index (κ1) is 13.2. The van der Waals surface area contributed by atoms with E-state index < -0.39 is 0 Å². The number of aromatic nitrogens is 3. The molecule has 4 nitrogen and oxygen atoms in total. The molecule has 5 heteroatoms. The highest BCUT2D eigenvalue weighted by Crippen LogP contribution is 2.10. The lowest BCUT2D eigenvalue weighted by Gasteiger charge is -2.03. The Morgan fingerprint density at radius 3 is 2.72 bits per heavy atom. The summed E-state index contributed by atoms with van der Waals surface area (Å²) in [5, 5.41) is 7.67. The number of hydrogen-bond acceptors (Lipinski definition) is 3. The standard InChI is InChI=1S/C13H17BrN4/c1-2-18-10-16-13(17-18)9-15-8-7-11-3-5-12(14)6-4-11/h3-6,10,15H,2,7-9H2,1H3. The van der Waals surface area contributed by atoms with E-state index in [0.29, 0.717) is 0 Å². The summed E-state index contributed by atoms with van der Waals surface area (Å²) in [5.41, 5.74) is 1.33. The van der Waals surface area contributed by atoms with Gasteiger partial charge in [-0.2, -0.15) is 5.10 Å². The zero-order valence-electron chi connectivity index (χ0n) is 10.4. The van der Waals surface area contributed by atoms with Crippen molar-refractivity contribution in [3.8, 4) is 0 Å². The average Bonchev–Trinajstić information content (AvgIpc) is 2.85. The summed E-state index contributed by atoms with van der Waals surface area (Å²) < 4.78 is 2.96. The van der Waals surface area contributed by atoms with Gasteiger partial charge in [0.1, 0.15) is 6.33 Å². The lowest BCUT2D eigenvalue weighted by Crippen LogP contribution is -2.17. The molecule has 0 unspecified atom stereocenters. The van der Waals surface area contributed by atoms with Crippen molar-refractivity contribution in [3.05, 3.63) is 46.5 Å². The number of nitrogens with zero attached hydrogens (tertiary/aromatic N) is 3. The fraction of sp³-hybridized carbons (Fsp3) is 0.385. The smallest absolute Gasteiger partial charge is 0.164 e. The van der Waals surface area contributed by atoms with E-state index >= 15 is 0 Å². The fourth-order valence-electron chi connectivity index (χ4n) is 1.65. The van der Waals surface area contributed by atoms with Crippen LogP contribution in [-0.2, 0) is 19.5 Å². The quantitative estimate of drug-likeness (QED) is 0.833. The second-order valence-corrected chi connectivity index (χ2v) is 4.99. The summed E-state index contributed by atoms with van der Waals surface area (Å²) >= 11 is 3.43. The van der Waals surface area contributed by atoms with Crippen LogP contribution in [0.5, 0.6) is 0 Å². The number of hydrogen-bond donors (Lipinski definition) is 1. The summed E-state index contributed by atoms with van der Waals surface area (Å²) in [7, 11) is 0. The normalized spacial score (nSPS) is 10.8. The van der Waals surface area contributed by atoms with Crippen LogP contribution in [0.2, 0.25) is 0 Å². The Hall–Kier alpha value is -1.20. The maximum absolute atomic E-state index is 4.32. The van der Waals surface area contributed by atoms with Crippen LogP contribution < -0.4 is 5.32 Å². The van der Waals surface area contributed by atoms with E-state index in [9.17, 15) is 0 Å². The molecule has 96 valence electrons. The molecule has 0 spiro atoms. The highest BCUT2D eigenvalue weighted by molar-refractivity contribution is 9.10. The van der Waals surface area contributed by atoms with Crippen molar-refractivity contribution >= 4 is 15.9 Å². The van der Waals surface area contributed by atoms with Gasteiger partial charge >= 0.3 is 0 Å². The number of aryl methyl sites for hydroxylation is 1. The van der Waals surface area contributed by atoms with Crippen LogP contribution in [0.4, 0.5) is 0 Å². The molecule has 0 atom stereocenters. The number of benzene rings is 1. The van der Waals surface area contributed by atoms with Crippen LogP contribution in [0.25, 0.3) is 0 Å². The van der Waals surface area contributed by atoms with E-state index in [1.807, 2.05) is 4.68 Å². The topological polar surface area (TPSA) is 42.7 Å². The van der Waals surface area contributed by atoms with Crippen LogP contribution in [0, 0.1) is 0 Å². The molecule has 2 rings (SSSR count). The third kappa shape index (κ3) is 3.92. The molecule has 0 aliphatic rings. The minimum atomic E-state index is 0.726. The molecule has 0 fully saturated rings. The molecule has 0 saturated heterocycles. The number of halogens is 1. The van der Waals surface area contributed by atoms with Crippen LogP contribution in [-0.4, -0.2) is 21.3 Å². The molecule has 0 bridgehead atoms. The first-order chi connectivity index (χ1) is 8.78.